The quantitative estimate of drug-likeness (QED) is 0.748. The number of rotatable bonds is 3. The molecule has 0 saturated heterocycles. The van der Waals surface area contributed by atoms with Crippen molar-refractivity contribution in [1.82, 2.24) is 4.37 Å². The highest BCUT2D eigenvalue weighted by Gasteiger charge is 2.10. The number of hydrogen-bond donors (Lipinski definition) is 1. The van der Waals surface area contributed by atoms with Gasteiger partial charge in [0.05, 0.1) is 11.6 Å². The van der Waals surface area contributed by atoms with Crippen LogP contribution in [0.15, 0.2) is 41.1 Å². The summed E-state index contributed by atoms with van der Waals surface area (Å²) in [6.07, 6.45) is 0. The third-order valence-corrected chi connectivity index (χ3v) is 4.28. The molecule has 86 valence electrons. The van der Waals surface area contributed by atoms with Gasteiger partial charge in [0.1, 0.15) is 5.00 Å². The first-order valence-corrected chi connectivity index (χ1v) is 7.19. The molecular formula is C13H12N2S2. The number of nitrogens with one attached hydrogen (secondary N) is 1. The number of fused-ring (bicyclic) bond motifs is 1. The van der Waals surface area contributed by atoms with Gasteiger partial charge in [0.15, 0.2) is 0 Å². The van der Waals surface area contributed by atoms with E-state index in [1.54, 1.807) is 11.3 Å². The van der Waals surface area contributed by atoms with Gasteiger partial charge in [-0.3, -0.25) is 0 Å². The van der Waals surface area contributed by atoms with Crippen molar-refractivity contribution < 1.29 is 0 Å². The van der Waals surface area contributed by atoms with Crippen molar-refractivity contribution >= 4 is 38.8 Å². The van der Waals surface area contributed by atoms with Crippen LogP contribution >= 0.6 is 22.9 Å². The van der Waals surface area contributed by atoms with Crippen molar-refractivity contribution in [1.29, 1.82) is 0 Å². The van der Waals surface area contributed by atoms with Crippen LogP contribution in [0.5, 0.6) is 0 Å². The van der Waals surface area contributed by atoms with Gasteiger partial charge in [-0.15, -0.1) is 0 Å². The average Bonchev–Trinajstić information content (AvgIpc) is 2.98. The van der Waals surface area contributed by atoms with Crippen LogP contribution in [0, 0.1) is 0 Å². The van der Waals surface area contributed by atoms with Crippen molar-refractivity contribution in [2.24, 2.45) is 0 Å². The Balaban J connectivity index is 1.90. The molecule has 0 saturated carbocycles. The summed E-state index contributed by atoms with van der Waals surface area (Å²) in [5.74, 6) is 0. The number of anilines is 1. The lowest BCUT2D eigenvalue weighted by Gasteiger charge is -2.11. The summed E-state index contributed by atoms with van der Waals surface area (Å²) in [6, 6.07) is 10.7. The van der Waals surface area contributed by atoms with E-state index in [4.69, 9.17) is 0 Å². The molecule has 0 aliphatic carbocycles. The summed E-state index contributed by atoms with van der Waals surface area (Å²) in [4.78, 5) is 0. The zero-order valence-corrected chi connectivity index (χ0v) is 11.0. The second-order valence-electron chi connectivity index (χ2n) is 3.95. The molecule has 0 radical (unpaired) electrons. The molecule has 0 amide bonds. The largest absolute Gasteiger partial charge is 0.369 e. The lowest BCUT2D eigenvalue weighted by Crippen LogP contribution is -2.04. The van der Waals surface area contributed by atoms with Crippen LogP contribution in [0.4, 0.5) is 5.00 Å². The van der Waals surface area contributed by atoms with Crippen LogP contribution in [0.2, 0.25) is 0 Å². The first kappa shape index (κ1) is 10.7. The molecule has 1 N–H and O–H groups in total. The van der Waals surface area contributed by atoms with Gasteiger partial charge in [0.25, 0.3) is 0 Å². The highest BCUT2D eigenvalue weighted by atomic mass is 32.1. The second kappa shape index (κ2) is 4.47. The highest BCUT2D eigenvalue weighted by Crippen LogP contribution is 2.30. The molecular weight excluding hydrogens is 248 g/mol. The molecule has 3 rings (SSSR count). The van der Waals surface area contributed by atoms with Crippen molar-refractivity contribution in [2.45, 2.75) is 13.0 Å². The van der Waals surface area contributed by atoms with Crippen LogP contribution in [0.3, 0.4) is 0 Å². The van der Waals surface area contributed by atoms with Crippen molar-refractivity contribution in [2.75, 3.05) is 5.32 Å². The third-order valence-electron chi connectivity index (χ3n) is 2.77. The Kier molecular flexibility index (Phi) is 2.82. The second-order valence-corrected chi connectivity index (χ2v) is 5.50. The molecule has 2 aromatic heterocycles. The number of hydrogen-bond acceptors (Lipinski definition) is 4. The molecule has 4 heteroatoms. The lowest BCUT2D eigenvalue weighted by molar-refractivity contribution is 0.897. The fourth-order valence-electron chi connectivity index (χ4n) is 1.79. The molecule has 2 heterocycles. The van der Waals surface area contributed by atoms with Gasteiger partial charge in [-0.2, -0.15) is 15.7 Å². The standard InChI is InChI=1S/C13H12N2S2/c1-9(10-6-7-16-8-10)14-13-11-4-2-3-5-12(11)15-17-13/h2-9,14H,1H3. The number of benzene rings is 1. The Morgan fingerprint density at radius 1 is 1.24 bits per heavy atom. The van der Waals surface area contributed by atoms with Crippen LogP contribution in [0.1, 0.15) is 18.5 Å². The van der Waals surface area contributed by atoms with E-state index in [1.165, 1.54) is 22.5 Å². The van der Waals surface area contributed by atoms with Crippen LogP contribution < -0.4 is 5.32 Å². The zero-order valence-electron chi connectivity index (χ0n) is 9.38. The van der Waals surface area contributed by atoms with Crippen LogP contribution in [-0.4, -0.2) is 4.37 Å². The Morgan fingerprint density at radius 2 is 2.12 bits per heavy atom. The van der Waals surface area contributed by atoms with Gasteiger partial charge in [0.2, 0.25) is 0 Å². The van der Waals surface area contributed by atoms with Crippen LogP contribution in [0.25, 0.3) is 10.9 Å². The maximum atomic E-state index is 4.43. The van der Waals surface area contributed by atoms with Gasteiger partial charge in [-0.25, -0.2) is 0 Å². The van der Waals surface area contributed by atoms with E-state index in [2.05, 4.69) is 45.6 Å². The smallest absolute Gasteiger partial charge is 0.117 e. The molecule has 0 aliphatic heterocycles. The number of aromatic nitrogens is 1. The highest BCUT2D eigenvalue weighted by molar-refractivity contribution is 7.11. The number of nitrogens with zero attached hydrogens (tertiary/aromatic N) is 1. The maximum Gasteiger partial charge on any atom is 0.117 e. The number of thiophene rings is 1. The Morgan fingerprint density at radius 3 is 2.94 bits per heavy atom. The maximum absolute atomic E-state index is 4.43. The van der Waals surface area contributed by atoms with E-state index in [0.29, 0.717) is 6.04 Å². The summed E-state index contributed by atoms with van der Waals surface area (Å²) in [5.41, 5.74) is 2.39. The van der Waals surface area contributed by atoms with E-state index in [0.717, 1.165) is 10.5 Å². The normalized spacial score (nSPS) is 12.8. The third kappa shape index (κ3) is 2.06. The van der Waals surface area contributed by atoms with Gasteiger partial charge in [-0.05, 0) is 53.0 Å². The van der Waals surface area contributed by atoms with Gasteiger partial charge >= 0.3 is 0 Å². The predicted molar refractivity (Wildman–Crippen MR) is 76.0 cm³/mol. The summed E-state index contributed by atoms with van der Waals surface area (Å²) < 4.78 is 4.43. The van der Waals surface area contributed by atoms with Gasteiger partial charge in [0, 0.05) is 5.39 Å². The summed E-state index contributed by atoms with van der Waals surface area (Å²) in [7, 11) is 0. The SMILES string of the molecule is CC(Nc1snc2ccccc12)c1ccsc1. The molecule has 17 heavy (non-hydrogen) atoms. The summed E-state index contributed by atoms with van der Waals surface area (Å²) >= 11 is 3.26. The minimum atomic E-state index is 0.324. The van der Waals surface area contributed by atoms with Crippen LogP contribution in [-0.2, 0) is 0 Å². The Bertz CT molecular complexity index is 613. The monoisotopic (exact) mass is 260 g/mol. The van der Waals surface area contributed by atoms with Crippen molar-refractivity contribution in [3.8, 4) is 0 Å². The fraction of sp³-hybridized carbons (Fsp3) is 0.154. The fourth-order valence-corrected chi connectivity index (χ4v) is 3.40. The summed E-state index contributed by atoms with van der Waals surface area (Å²) in [6.45, 7) is 2.18. The summed E-state index contributed by atoms with van der Waals surface area (Å²) in [5, 5.41) is 10.2. The first-order chi connectivity index (χ1) is 8.34. The van der Waals surface area contributed by atoms with E-state index in [9.17, 15) is 0 Å². The first-order valence-electron chi connectivity index (χ1n) is 5.47. The van der Waals surface area contributed by atoms with Crippen molar-refractivity contribution in [3.05, 3.63) is 46.7 Å². The molecule has 1 unspecified atom stereocenters. The predicted octanol–water partition coefficient (Wildman–Crippen LogP) is 4.53. The lowest BCUT2D eigenvalue weighted by atomic mass is 10.2. The molecule has 0 bridgehead atoms. The molecule has 0 spiro atoms. The van der Waals surface area contributed by atoms with Gasteiger partial charge < -0.3 is 5.32 Å². The molecule has 1 atom stereocenters. The van der Waals surface area contributed by atoms with E-state index >= 15 is 0 Å². The zero-order chi connectivity index (χ0) is 11.7. The van der Waals surface area contributed by atoms with E-state index in [1.807, 2.05) is 12.1 Å². The van der Waals surface area contributed by atoms with Gasteiger partial charge in [-0.1, -0.05) is 12.1 Å². The molecule has 0 aliphatic rings. The minimum absolute atomic E-state index is 0.324. The Labute approximate surface area is 108 Å². The van der Waals surface area contributed by atoms with Crippen molar-refractivity contribution in [3.63, 3.8) is 0 Å². The van der Waals surface area contributed by atoms with E-state index in [-0.39, 0.29) is 0 Å². The van der Waals surface area contributed by atoms with E-state index < -0.39 is 0 Å². The molecule has 0 fully saturated rings. The minimum Gasteiger partial charge on any atom is -0.369 e. The Hall–Kier alpha value is -1.39. The molecule has 1 aromatic carbocycles. The molecule has 3 aromatic rings. The topological polar surface area (TPSA) is 24.9 Å². The molecule has 2 nitrogen and oxygen atoms in total. The average molecular weight is 260 g/mol.